The van der Waals surface area contributed by atoms with Crippen molar-refractivity contribution in [3.8, 4) is 0 Å². The molecule has 1 amide bonds. The molecule has 1 heterocycles. The van der Waals surface area contributed by atoms with Crippen LogP contribution in [0.25, 0.3) is 0 Å². The van der Waals surface area contributed by atoms with Gasteiger partial charge in [-0.2, -0.15) is 0 Å². The van der Waals surface area contributed by atoms with E-state index in [1.165, 1.54) is 4.90 Å². The number of aryl methyl sites for hydroxylation is 1. The smallest absolute Gasteiger partial charge is 0.409 e. The molecule has 0 spiro atoms. The van der Waals surface area contributed by atoms with E-state index in [-0.39, 0.29) is 6.09 Å². The topological polar surface area (TPSA) is 67.4 Å². The molecule has 0 aliphatic carbocycles. The van der Waals surface area contributed by atoms with Gasteiger partial charge in [0.2, 0.25) is 0 Å². The van der Waals surface area contributed by atoms with Crippen LogP contribution in [0.2, 0.25) is 5.02 Å². The number of nitrogens with zero attached hydrogens (tertiary/aromatic N) is 3. The maximum absolute atomic E-state index is 11.3. The lowest BCUT2D eigenvalue weighted by molar-refractivity contribution is 0.116. The van der Waals surface area contributed by atoms with E-state index in [0.717, 1.165) is 56.5 Å². The number of rotatable bonds is 11. The summed E-state index contributed by atoms with van der Waals surface area (Å²) < 4.78 is 5.11. The van der Waals surface area contributed by atoms with E-state index in [4.69, 9.17) is 16.3 Å². The Labute approximate surface area is 156 Å². The molecule has 0 bridgehead atoms. The first kappa shape index (κ1) is 21.5. The number of unbranched alkanes of at least 4 members (excludes halogenated alkanes) is 3. The number of carbonyl (C=O) groups is 1. The zero-order valence-corrected chi connectivity index (χ0v) is 16.6. The SMILES string of the molecule is CCc1ncnc(NC(CC)CCCCCCOC(=O)N(C)C)c1Cl. The third-order valence-corrected chi connectivity index (χ3v) is 4.46. The predicted octanol–water partition coefficient (Wildman–Crippen LogP) is 4.53. The van der Waals surface area contributed by atoms with E-state index in [2.05, 4.69) is 22.2 Å². The molecule has 25 heavy (non-hydrogen) atoms. The summed E-state index contributed by atoms with van der Waals surface area (Å²) in [5.74, 6) is 0.732. The number of nitrogens with one attached hydrogen (secondary N) is 1. The van der Waals surface area contributed by atoms with Crippen molar-refractivity contribution in [2.24, 2.45) is 0 Å². The number of amides is 1. The van der Waals surface area contributed by atoms with Crippen LogP contribution in [0.3, 0.4) is 0 Å². The molecule has 1 N–H and O–H groups in total. The van der Waals surface area contributed by atoms with Gasteiger partial charge in [-0.05, 0) is 25.7 Å². The van der Waals surface area contributed by atoms with Gasteiger partial charge in [-0.15, -0.1) is 0 Å². The highest BCUT2D eigenvalue weighted by Gasteiger charge is 2.12. The van der Waals surface area contributed by atoms with Gasteiger partial charge in [-0.25, -0.2) is 14.8 Å². The minimum Gasteiger partial charge on any atom is -0.449 e. The Balaban J connectivity index is 2.25. The summed E-state index contributed by atoms with van der Waals surface area (Å²) in [5.41, 5.74) is 0.876. The summed E-state index contributed by atoms with van der Waals surface area (Å²) in [5, 5.41) is 4.07. The molecule has 0 aliphatic heterocycles. The van der Waals surface area contributed by atoms with Crippen LogP contribution >= 0.6 is 11.6 Å². The van der Waals surface area contributed by atoms with Crippen LogP contribution in [0.4, 0.5) is 10.6 Å². The molecule has 1 aromatic rings. The van der Waals surface area contributed by atoms with Crippen LogP contribution in [-0.4, -0.2) is 47.7 Å². The van der Waals surface area contributed by atoms with Gasteiger partial charge in [0, 0.05) is 20.1 Å². The fraction of sp³-hybridized carbons (Fsp3) is 0.722. The van der Waals surface area contributed by atoms with Crippen molar-refractivity contribution >= 4 is 23.5 Å². The second kappa shape index (κ2) is 11.9. The highest BCUT2D eigenvalue weighted by Crippen LogP contribution is 2.24. The summed E-state index contributed by atoms with van der Waals surface area (Å²) in [6.45, 7) is 4.68. The maximum Gasteiger partial charge on any atom is 0.409 e. The molecule has 1 aromatic heterocycles. The highest BCUT2D eigenvalue weighted by atomic mass is 35.5. The number of carbonyl (C=O) groups excluding carboxylic acids is 1. The number of hydrogen-bond donors (Lipinski definition) is 1. The quantitative estimate of drug-likeness (QED) is 0.579. The van der Waals surface area contributed by atoms with Gasteiger partial charge in [-0.1, -0.05) is 44.7 Å². The van der Waals surface area contributed by atoms with Crippen molar-refractivity contribution < 1.29 is 9.53 Å². The Kier molecular flexibility index (Phi) is 10.2. The fourth-order valence-corrected chi connectivity index (χ4v) is 2.75. The number of hydrogen-bond acceptors (Lipinski definition) is 5. The Morgan fingerprint density at radius 3 is 2.60 bits per heavy atom. The Morgan fingerprint density at radius 1 is 1.24 bits per heavy atom. The fourth-order valence-electron chi connectivity index (χ4n) is 2.46. The minimum atomic E-state index is -0.275. The van der Waals surface area contributed by atoms with E-state index in [9.17, 15) is 4.79 Å². The van der Waals surface area contributed by atoms with Crippen molar-refractivity contribution in [3.05, 3.63) is 17.0 Å². The lowest BCUT2D eigenvalue weighted by Crippen LogP contribution is -2.23. The minimum absolute atomic E-state index is 0.275. The first-order valence-electron chi connectivity index (χ1n) is 9.09. The van der Waals surface area contributed by atoms with Crippen LogP contribution in [0.15, 0.2) is 6.33 Å². The molecular formula is C18H31ClN4O2. The van der Waals surface area contributed by atoms with Gasteiger partial charge in [0.25, 0.3) is 0 Å². The monoisotopic (exact) mass is 370 g/mol. The number of halogens is 1. The molecule has 0 aliphatic rings. The summed E-state index contributed by atoms with van der Waals surface area (Å²) in [6.07, 6.45) is 8.37. The standard InChI is InChI=1S/C18H31ClN4O2/c1-5-14(22-17-16(19)15(6-2)20-13-21-17)11-9-7-8-10-12-25-18(24)23(3)4/h13-14H,5-12H2,1-4H3,(H,20,21,22). The molecule has 0 fully saturated rings. The summed E-state index contributed by atoms with van der Waals surface area (Å²) in [7, 11) is 3.38. The van der Waals surface area contributed by atoms with Crippen molar-refractivity contribution in [2.75, 3.05) is 26.0 Å². The van der Waals surface area contributed by atoms with Gasteiger partial charge in [0.05, 0.1) is 12.3 Å². The molecule has 0 saturated carbocycles. The first-order valence-corrected chi connectivity index (χ1v) is 9.47. The average Bonchev–Trinajstić information content (AvgIpc) is 2.60. The van der Waals surface area contributed by atoms with Crippen LogP contribution in [0, 0.1) is 0 Å². The van der Waals surface area contributed by atoms with E-state index < -0.39 is 0 Å². The molecule has 6 nitrogen and oxygen atoms in total. The van der Waals surface area contributed by atoms with Gasteiger partial charge in [0.1, 0.15) is 17.2 Å². The maximum atomic E-state index is 11.3. The molecule has 142 valence electrons. The van der Waals surface area contributed by atoms with Crippen molar-refractivity contribution in [2.45, 2.75) is 64.8 Å². The van der Waals surface area contributed by atoms with E-state index >= 15 is 0 Å². The molecule has 0 radical (unpaired) electrons. The van der Waals surface area contributed by atoms with Gasteiger partial charge in [0.15, 0.2) is 0 Å². The van der Waals surface area contributed by atoms with Crippen LogP contribution in [0.5, 0.6) is 0 Å². The lowest BCUT2D eigenvalue weighted by atomic mass is 10.1. The van der Waals surface area contributed by atoms with Crippen molar-refractivity contribution in [3.63, 3.8) is 0 Å². The number of aromatic nitrogens is 2. The van der Waals surface area contributed by atoms with E-state index in [1.807, 2.05) is 6.92 Å². The molecule has 0 aromatic carbocycles. The number of anilines is 1. The molecular weight excluding hydrogens is 340 g/mol. The zero-order chi connectivity index (χ0) is 18.7. The first-order chi connectivity index (χ1) is 12.0. The second-order valence-electron chi connectivity index (χ2n) is 6.30. The molecule has 1 unspecified atom stereocenters. The lowest BCUT2D eigenvalue weighted by Gasteiger charge is -2.19. The van der Waals surface area contributed by atoms with Crippen LogP contribution in [-0.2, 0) is 11.2 Å². The summed E-state index contributed by atoms with van der Waals surface area (Å²) in [6, 6.07) is 0.351. The third kappa shape index (κ3) is 7.90. The summed E-state index contributed by atoms with van der Waals surface area (Å²) in [4.78, 5) is 21.2. The van der Waals surface area contributed by atoms with Crippen molar-refractivity contribution in [1.29, 1.82) is 0 Å². The largest absolute Gasteiger partial charge is 0.449 e. The average molecular weight is 371 g/mol. The highest BCUT2D eigenvalue weighted by molar-refractivity contribution is 6.33. The Hall–Kier alpha value is -1.56. The molecule has 1 atom stereocenters. The third-order valence-electron chi connectivity index (χ3n) is 4.07. The van der Waals surface area contributed by atoms with Crippen LogP contribution in [0.1, 0.15) is 58.1 Å². The normalized spacial score (nSPS) is 11.9. The molecule has 1 rings (SSSR count). The predicted molar refractivity (Wildman–Crippen MR) is 102 cm³/mol. The van der Waals surface area contributed by atoms with E-state index in [1.54, 1.807) is 20.4 Å². The summed E-state index contributed by atoms with van der Waals surface area (Å²) >= 11 is 6.34. The van der Waals surface area contributed by atoms with Gasteiger partial charge < -0.3 is 15.0 Å². The molecule has 0 saturated heterocycles. The Bertz CT molecular complexity index is 526. The van der Waals surface area contributed by atoms with Gasteiger partial charge in [-0.3, -0.25) is 0 Å². The Morgan fingerprint density at radius 2 is 1.96 bits per heavy atom. The number of ether oxygens (including phenoxy) is 1. The van der Waals surface area contributed by atoms with E-state index in [0.29, 0.717) is 17.7 Å². The van der Waals surface area contributed by atoms with Crippen LogP contribution < -0.4 is 5.32 Å². The molecule has 7 heteroatoms. The van der Waals surface area contributed by atoms with Crippen molar-refractivity contribution in [1.82, 2.24) is 14.9 Å². The second-order valence-corrected chi connectivity index (χ2v) is 6.68. The zero-order valence-electron chi connectivity index (χ0n) is 15.8. The van der Waals surface area contributed by atoms with Gasteiger partial charge >= 0.3 is 6.09 Å².